The topological polar surface area (TPSA) is 97.9 Å². The lowest BCUT2D eigenvalue weighted by Crippen LogP contribution is -2.48. The van der Waals surface area contributed by atoms with Gasteiger partial charge in [0.05, 0.1) is 29.1 Å². The molecule has 0 aliphatic carbocycles. The van der Waals surface area contributed by atoms with Gasteiger partial charge in [-0.15, -0.1) is 0 Å². The van der Waals surface area contributed by atoms with Crippen LogP contribution in [-0.4, -0.2) is 60.2 Å². The third kappa shape index (κ3) is 5.65. The Labute approximate surface area is 217 Å². The van der Waals surface area contributed by atoms with Crippen LogP contribution >= 0.6 is 0 Å². The summed E-state index contributed by atoms with van der Waals surface area (Å²) in [6.45, 7) is 5.08. The number of rotatable bonds is 8. The van der Waals surface area contributed by atoms with Gasteiger partial charge in [-0.05, 0) is 63.1 Å². The molecule has 1 saturated heterocycles. The molecular weight excluding hydrogens is 501 g/mol. The molecule has 200 valence electrons. The number of halogens is 3. The minimum atomic E-state index is -4.79. The van der Waals surface area contributed by atoms with E-state index >= 15 is 0 Å². The van der Waals surface area contributed by atoms with Crippen LogP contribution in [0, 0.1) is 11.3 Å². The van der Waals surface area contributed by atoms with Crippen LogP contribution in [0.25, 0.3) is 0 Å². The molecule has 8 nitrogen and oxygen atoms in total. The molecule has 1 fully saturated rings. The van der Waals surface area contributed by atoms with Crippen molar-refractivity contribution in [3.8, 4) is 6.07 Å². The van der Waals surface area contributed by atoms with Crippen molar-refractivity contribution >= 4 is 23.4 Å². The third-order valence-corrected chi connectivity index (χ3v) is 6.92. The van der Waals surface area contributed by atoms with Crippen LogP contribution < -0.4 is 4.90 Å². The zero-order chi connectivity index (χ0) is 27.4. The Morgan fingerprint density at radius 3 is 2.42 bits per heavy atom. The summed E-state index contributed by atoms with van der Waals surface area (Å²) in [6, 6.07) is 7.65. The quantitative estimate of drug-likeness (QED) is 0.373. The molecule has 11 heteroatoms. The van der Waals surface area contributed by atoms with Crippen molar-refractivity contribution in [1.29, 1.82) is 5.26 Å². The second-order valence-corrected chi connectivity index (χ2v) is 9.31. The van der Waals surface area contributed by atoms with Crippen LogP contribution in [0.1, 0.15) is 54.3 Å². The number of furan rings is 1. The van der Waals surface area contributed by atoms with Gasteiger partial charge < -0.3 is 9.32 Å². The average molecular weight is 529 g/mol. The highest BCUT2D eigenvalue weighted by atomic mass is 19.4. The van der Waals surface area contributed by atoms with E-state index in [1.54, 1.807) is 17.0 Å². The maximum absolute atomic E-state index is 13.4. The summed E-state index contributed by atoms with van der Waals surface area (Å²) in [4.78, 5) is 42.9. The Hall–Kier alpha value is -3.91. The lowest BCUT2D eigenvalue weighted by molar-refractivity contribution is -0.138. The summed E-state index contributed by atoms with van der Waals surface area (Å²) in [5, 5.41) is 8.99. The van der Waals surface area contributed by atoms with Crippen molar-refractivity contribution in [2.24, 2.45) is 0 Å². The minimum absolute atomic E-state index is 0.112. The van der Waals surface area contributed by atoms with Crippen LogP contribution in [0.5, 0.6) is 0 Å². The van der Waals surface area contributed by atoms with E-state index < -0.39 is 29.1 Å². The number of unbranched alkanes of at least 4 members (excludes halogenated alkanes) is 2. The van der Waals surface area contributed by atoms with Gasteiger partial charge in [0.15, 0.2) is 5.76 Å². The highest BCUT2D eigenvalue weighted by Gasteiger charge is 2.39. The van der Waals surface area contributed by atoms with Gasteiger partial charge >= 0.3 is 6.18 Å². The predicted octanol–water partition coefficient (Wildman–Crippen LogP) is 4.38. The van der Waals surface area contributed by atoms with E-state index in [2.05, 4.69) is 4.90 Å². The molecule has 3 amide bonds. The summed E-state index contributed by atoms with van der Waals surface area (Å²) in [5.41, 5.74) is -1.43. The second-order valence-electron chi connectivity index (χ2n) is 9.31. The maximum Gasteiger partial charge on any atom is 0.417 e. The zero-order valence-corrected chi connectivity index (χ0v) is 20.9. The van der Waals surface area contributed by atoms with Crippen LogP contribution in [0.3, 0.4) is 0 Å². The van der Waals surface area contributed by atoms with Crippen LogP contribution in [-0.2, 0) is 15.8 Å². The van der Waals surface area contributed by atoms with Crippen molar-refractivity contribution in [3.05, 3.63) is 64.6 Å². The van der Waals surface area contributed by atoms with E-state index in [9.17, 15) is 27.6 Å². The monoisotopic (exact) mass is 528 g/mol. The van der Waals surface area contributed by atoms with E-state index in [-0.39, 0.29) is 17.2 Å². The molecule has 2 aliphatic heterocycles. The van der Waals surface area contributed by atoms with Crippen molar-refractivity contribution in [2.75, 3.05) is 37.6 Å². The molecule has 0 atom stereocenters. The number of imide groups is 1. The van der Waals surface area contributed by atoms with Crippen molar-refractivity contribution < 1.29 is 32.0 Å². The number of alkyl halides is 3. The molecule has 0 radical (unpaired) electrons. The molecule has 1 aromatic heterocycles. The first-order chi connectivity index (χ1) is 18.1. The minimum Gasteiger partial charge on any atom is -0.459 e. The highest BCUT2D eigenvalue weighted by Crippen LogP contribution is 2.37. The lowest BCUT2D eigenvalue weighted by atomic mass is 10.0. The number of benzene rings is 1. The van der Waals surface area contributed by atoms with E-state index in [0.717, 1.165) is 43.4 Å². The van der Waals surface area contributed by atoms with Gasteiger partial charge in [0.2, 0.25) is 0 Å². The fourth-order valence-corrected chi connectivity index (χ4v) is 4.76. The Bertz CT molecular complexity index is 1290. The standard InChI is InChI=1S/C27H27F3N4O4/c1-18-21(25(36)34(24(18)35)20-9-8-19(17-31)22(16-20)27(28,29)30)6-3-2-4-10-32-11-13-33(14-12-32)26(37)23-7-5-15-38-23/h5,7-9,15-16H,2-4,6,10-14H2,1H3. The Kier molecular flexibility index (Phi) is 8.02. The molecule has 0 saturated carbocycles. The number of hydrogen-bond donors (Lipinski definition) is 0. The number of amides is 3. The normalized spacial score (nSPS) is 16.9. The van der Waals surface area contributed by atoms with E-state index in [0.29, 0.717) is 43.3 Å². The van der Waals surface area contributed by atoms with E-state index in [1.165, 1.54) is 25.3 Å². The summed E-state index contributed by atoms with van der Waals surface area (Å²) >= 11 is 0. The number of nitriles is 1. The first kappa shape index (κ1) is 27.1. The molecule has 0 spiro atoms. The number of piperazine rings is 1. The summed E-state index contributed by atoms with van der Waals surface area (Å²) < 4.78 is 45.3. The molecule has 2 aromatic rings. The molecule has 3 heterocycles. The van der Waals surface area contributed by atoms with Gasteiger partial charge in [0, 0.05) is 37.3 Å². The Morgan fingerprint density at radius 2 is 1.79 bits per heavy atom. The highest BCUT2D eigenvalue weighted by molar-refractivity contribution is 6.32. The second kappa shape index (κ2) is 11.2. The smallest absolute Gasteiger partial charge is 0.417 e. The SMILES string of the molecule is CC1=C(CCCCCN2CCN(C(=O)c3ccco3)CC2)C(=O)N(c2ccc(C#N)c(C(F)(F)F)c2)C1=O. The molecular formula is C27H27F3N4O4. The van der Waals surface area contributed by atoms with Gasteiger partial charge in [-0.25, -0.2) is 4.90 Å². The Morgan fingerprint density at radius 1 is 1.05 bits per heavy atom. The fraction of sp³-hybridized carbons (Fsp3) is 0.407. The number of carbonyl (C=O) groups is 3. The van der Waals surface area contributed by atoms with Gasteiger partial charge in [-0.1, -0.05) is 6.42 Å². The molecule has 0 N–H and O–H groups in total. The van der Waals surface area contributed by atoms with Crippen LogP contribution in [0.15, 0.2) is 52.2 Å². The molecule has 0 unspecified atom stereocenters. The van der Waals surface area contributed by atoms with Gasteiger partial charge in [0.25, 0.3) is 17.7 Å². The number of carbonyl (C=O) groups excluding carboxylic acids is 3. The number of hydrogen-bond acceptors (Lipinski definition) is 6. The number of anilines is 1. The van der Waals surface area contributed by atoms with Crippen molar-refractivity contribution in [1.82, 2.24) is 9.80 Å². The van der Waals surface area contributed by atoms with E-state index in [4.69, 9.17) is 9.68 Å². The first-order valence-electron chi connectivity index (χ1n) is 12.4. The summed E-state index contributed by atoms with van der Waals surface area (Å²) in [6.07, 6.45) is -0.643. The molecule has 4 rings (SSSR count). The molecule has 38 heavy (non-hydrogen) atoms. The predicted molar refractivity (Wildman–Crippen MR) is 131 cm³/mol. The maximum atomic E-state index is 13.4. The average Bonchev–Trinajstić information content (AvgIpc) is 3.51. The first-order valence-corrected chi connectivity index (χ1v) is 12.4. The van der Waals surface area contributed by atoms with Crippen LogP contribution in [0.4, 0.5) is 18.9 Å². The zero-order valence-electron chi connectivity index (χ0n) is 20.9. The largest absolute Gasteiger partial charge is 0.459 e. The van der Waals surface area contributed by atoms with Gasteiger partial charge in [-0.3, -0.25) is 19.3 Å². The molecule has 0 bridgehead atoms. The molecule has 1 aromatic carbocycles. The van der Waals surface area contributed by atoms with Crippen LogP contribution in [0.2, 0.25) is 0 Å². The molecule has 2 aliphatic rings. The van der Waals surface area contributed by atoms with Crippen molar-refractivity contribution in [2.45, 2.75) is 38.8 Å². The summed E-state index contributed by atoms with van der Waals surface area (Å²) in [5.74, 6) is -1.05. The number of nitrogens with zero attached hydrogens (tertiary/aromatic N) is 4. The lowest BCUT2D eigenvalue weighted by Gasteiger charge is -2.34. The van der Waals surface area contributed by atoms with Gasteiger partial charge in [0.1, 0.15) is 0 Å². The van der Waals surface area contributed by atoms with Crippen molar-refractivity contribution in [3.63, 3.8) is 0 Å². The van der Waals surface area contributed by atoms with E-state index in [1.807, 2.05) is 0 Å². The Balaban J connectivity index is 1.25. The summed E-state index contributed by atoms with van der Waals surface area (Å²) in [7, 11) is 0. The van der Waals surface area contributed by atoms with Gasteiger partial charge in [-0.2, -0.15) is 18.4 Å². The third-order valence-electron chi connectivity index (χ3n) is 6.92. The fourth-order valence-electron chi connectivity index (χ4n) is 4.76.